The fourth-order valence-electron chi connectivity index (χ4n) is 2.97. The molecule has 0 unspecified atom stereocenters. The molecule has 3 N–H and O–H groups in total. The second-order valence-electron chi connectivity index (χ2n) is 7.20. The number of anilines is 1. The summed E-state index contributed by atoms with van der Waals surface area (Å²) in [5, 5.41) is 15.7. The highest BCUT2D eigenvalue weighted by molar-refractivity contribution is 5.85. The fraction of sp³-hybridized carbons (Fsp3) is 0.350. The third kappa shape index (κ3) is 3.94. The number of aliphatic hydroxyl groups is 1. The summed E-state index contributed by atoms with van der Waals surface area (Å²) in [6.45, 7) is 6.66. The molecule has 0 aromatic heterocycles. The number of amides is 1. The standard InChI is InChI=1S/C20H24N2O3/c1-20(2,3)25-19(24)22-11-15-5-4-6-16-17-9-13(12-23)7-8-14(17)10-21-18(15)16/h4-9,21,23H,10-12H2,1-3H3,(H,22,24). The van der Waals surface area contributed by atoms with E-state index in [1.54, 1.807) is 0 Å². The number of benzene rings is 2. The number of carbonyl (C=O) groups is 1. The van der Waals surface area contributed by atoms with Crippen molar-refractivity contribution in [3.05, 3.63) is 53.1 Å². The smallest absolute Gasteiger partial charge is 0.407 e. The van der Waals surface area contributed by atoms with Gasteiger partial charge in [-0.25, -0.2) is 4.79 Å². The van der Waals surface area contributed by atoms with Crippen molar-refractivity contribution in [3.8, 4) is 11.1 Å². The normalized spacial score (nSPS) is 12.6. The van der Waals surface area contributed by atoms with Crippen LogP contribution in [0.3, 0.4) is 0 Å². The highest BCUT2D eigenvalue weighted by Crippen LogP contribution is 2.38. The van der Waals surface area contributed by atoms with Crippen LogP contribution in [0.15, 0.2) is 36.4 Å². The van der Waals surface area contributed by atoms with Gasteiger partial charge in [0, 0.05) is 24.3 Å². The number of carbonyl (C=O) groups excluding carboxylic acids is 1. The number of fused-ring (bicyclic) bond motifs is 3. The van der Waals surface area contributed by atoms with Gasteiger partial charge < -0.3 is 20.5 Å². The van der Waals surface area contributed by atoms with E-state index in [0.717, 1.165) is 34.5 Å². The minimum atomic E-state index is -0.516. The molecule has 2 aromatic carbocycles. The van der Waals surface area contributed by atoms with Gasteiger partial charge in [-0.1, -0.05) is 30.3 Å². The number of hydrogen-bond donors (Lipinski definition) is 3. The molecule has 0 saturated carbocycles. The molecule has 0 bridgehead atoms. The van der Waals surface area contributed by atoms with E-state index < -0.39 is 11.7 Å². The van der Waals surface area contributed by atoms with Gasteiger partial charge in [0.25, 0.3) is 0 Å². The Labute approximate surface area is 148 Å². The summed E-state index contributed by atoms with van der Waals surface area (Å²) in [6.07, 6.45) is -0.427. The summed E-state index contributed by atoms with van der Waals surface area (Å²) in [5.74, 6) is 0. The lowest BCUT2D eigenvalue weighted by atomic mass is 9.91. The van der Waals surface area contributed by atoms with Crippen molar-refractivity contribution < 1.29 is 14.6 Å². The van der Waals surface area contributed by atoms with E-state index in [9.17, 15) is 9.90 Å². The molecular formula is C20H24N2O3. The zero-order chi connectivity index (χ0) is 18.0. The number of aliphatic hydroxyl groups excluding tert-OH is 1. The van der Waals surface area contributed by atoms with E-state index in [1.807, 2.05) is 51.1 Å². The highest BCUT2D eigenvalue weighted by atomic mass is 16.6. The van der Waals surface area contributed by atoms with E-state index in [4.69, 9.17) is 4.74 Å². The molecule has 1 amide bonds. The molecule has 5 nitrogen and oxygen atoms in total. The first-order valence-electron chi connectivity index (χ1n) is 8.43. The number of nitrogens with one attached hydrogen (secondary N) is 2. The van der Waals surface area contributed by atoms with Crippen molar-refractivity contribution >= 4 is 11.8 Å². The Morgan fingerprint density at radius 1 is 1.24 bits per heavy atom. The van der Waals surface area contributed by atoms with Crippen LogP contribution in [0.5, 0.6) is 0 Å². The predicted molar refractivity (Wildman–Crippen MR) is 98.2 cm³/mol. The highest BCUT2D eigenvalue weighted by Gasteiger charge is 2.20. The largest absolute Gasteiger partial charge is 0.444 e. The zero-order valence-corrected chi connectivity index (χ0v) is 14.8. The molecule has 1 aliphatic rings. The van der Waals surface area contributed by atoms with Crippen molar-refractivity contribution in [2.75, 3.05) is 5.32 Å². The van der Waals surface area contributed by atoms with E-state index in [2.05, 4.69) is 16.7 Å². The average molecular weight is 340 g/mol. The first-order chi connectivity index (χ1) is 11.9. The topological polar surface area (TPSA) is 70.6 Å². The van der Waals surface area contributed by atoms with Crippen LogP contribution in [-0.4, -0.2) is 16.8 Å². The number of ether oxygens (including phenoxy) is 1. The maximum atomic E-state index is 11.9. The number of para-hydroxylation sites is 1. The number of hydrogen-bond acceptors (Lipinski definition) is 4. The van der Waals surface area contributed by atoms with E-state index >= 15 is 0 Å². The third-order valence-corrected chi connectivity index (χ3v) is 4.08. The van der Waals surface area contributed by atoms with Crippen molar-refractivity contribution in [1.29, 1.82) is 0 Å². The first kappa shape index (κ1) is 17.3. The molecule has 1 heterocycles. The van der Waals surface area contributed by atoms with E-state index in [1.165, 1.54) is 5.56 Å². The van der Waals surface area contributed by atoms with Gasteiger partial charge in [0.05, 0.1) is 6.61 Å². The molecule has 25 heavy (non-hydrogen) atoms. The van der Waals surface area contributed by atoms with Crippen LogP contribution in [-0.2, 0) is 24.4 Å². The van der Waals surface area contributed by atoms with Crippen LogP contribution >= 0.6 is 0 Å². The molecule has 132 valence electrons. The molecule has 1 aliphatic heterocycles. The van der Waals surface area contributed by atoms with Crippen LogP contribution in [0.25, 0.3) is 11.1 Å². The maximum Gasteiger partial charge on any atom is 0.407 e. The van der Waals surface area contributed by atoms with Crippen molar-refractivity contribution in [1.82, 2.24) is 5.32 Å². The van der Waals surface area contributed by atoms with Gasteiger partial charge in [-0.05, 0) is 49.1 Å². The van der Waals surface area contributed by atoms with Crippen LogP contribution in [0.1, 0.15) is 37.5 Å². The molecule has 0 radical (unpaired) electrons. The minimum Gasteiger partial charge on any atom is -0.444 e. The molecular weight excluding hydrogens is 316 g/mol. The summed E-state index contributed by atoms with van der Waals surface area (Å²) in [5.41, 5.74) is 5.80. The van der Waals surface area contributed by atoms with Gasteiger partial charge >= 0.3 is 6.09 Å². The molecule has 0 fully saturated rings. The van der Waals surface area contributed by atoms with Crippen molar-refractivity contribution in [2.24, 2.45) is 0 Å². The Balaban J connectivity index is 1.84. The van der Waals surface area contributed by atoms with Crippen LogP contribution in [0.4, 0.5) is 10.5 Å². The van der Waals surface area contributed by atoms with E-state index in [0.29, 0.717) is 6.54 Å². The second-order valence-corrected chi connectivity index (χ2v) is 7.20. The average Bonchev–Trinajstić information content (AvgIpc) is 2.57. The Kier molecular flexibility index (Phi) is 4.68. The Bertz CT molecular complexity index is 794. The van der Waals surface area contributed by atoms with Gasteiger partial charge in [0.1, 0.15) is 5.60 Å². The summed E-state index contributed by atoms with van der Waals surface area (Å²) >= 11 is 0. The Hall–Kier alpha value is -2.53. The van der Waals surface area contributed by atoms with Gasteiger partial charge in [-0.2, -0.15) is 0 Å². The number of alkyl carbamates (subject to hydrolysis) is 1. The molecule has 2 aromatic rings. The quantitative estimate of drug-likeness (QED) is 0.795. The molecule has 0 atom stereocenters. The maximum absolute atomic E-state index is 11.9. The van der Waals surface area contributed by atoms with E-state index in [-0.39, 0.29) is 6.61 Å². The predicted octanol–water partition coefficient (Wildman–Crippen LogP) is 3.80. The van der Waals surface area contributed by atoms with Crippen molar-refractivity contribution in [3.63, 3.8) is 0 Å². The Morgan fingerprint density at radius 3 is 2.76 bits per heavy atom. The second kappa shape index (κ2) is 6.76. The Morgan fingerprint density at radius 2 is 2.04 bits per heavy atom. The molecule has 0 saturated heterocycles. The van der Waals surface area contributed by atoms with Crippen molar-refractivity contribution in [2.45, 2.75) is 46.1 Å². The zero-order valence-electron chi connectivity index (χ0n) is 14.8. The van der Waals surface area contributed by atoms with Gasteiger partial charge in [0.15, 0.2) is 0 Å². The summed E-state index contributed by atoms with van der Waals surface area (Å²) < 4.78 is 5.29. The summed E-state index contributed by atoms with van der Waals surface area (Å²) in [4.78, 5) is 11.9. The molecule has 3 rings (SSSR count). The van der Waals surface area contributed by atoms with Crippen LogP contribution in [0, 0.1) is 0 Å². The number of rotatable bonds is 3. The molecule has 5 heteroatoms. The van der Waals surface area contributed by atoms with Gasteiger partial charge in [-0.15, -0.1) is 0 Å². The lowest BCUT2D eigenvalue weighted by Gasteiger charge is -2.25. The first-order valence-corrected chi connectivity index (χ1v) is 8.43. The van der Waals surface area contributed by atoms with Gasteiger partial charge in [0.2, 0.25) is 0 Å². The van der Waals surface area contributed by atoms with Crippen LogP contribution in [0.2, 0.25) is 0 Å². The van der Waals surface area contributed by atoms with Crippen LogP contribution < -0.4 is 10.6 Å². The molecule has 0 spiro atoms. The summed E-state index contributed by atoms with van der Waals surface area (Å²) in [7, 11) is 0. The minimum absolute atomic E-state index is 0.0237. The van der Waals surface area contributed by atoms with Gasteiger partial charge in [-0.3, -0.25) is 0 Å². The fourth-order valence-corrected chi connectivity index (χ4v) is 2.97. The SMILES string of the molecule is CC(C)(C)OC(=O)NCc1cccc2c1NCc1ccc(CO)cc1-2. The lowest BCUT2D eigenvalue weighted by Crippen LogP contribution is -2.32. The summed E-state index contributed by atoms with van der Waals surface area (Å²) in [6, 6.07) is 12.0. The molecule has 0 aliphatic carbocycles. The third-order valence-electron chi connectivity index (χ3n) is 4.08. The lowest BCUT2D eigenvalue weighted by molar-refractivity contribution is 0.0523. The monoisotopic (exact) mass is 340 g/mol.